The van der Waals surface area contributed by atoms with Crippen molar-refractivity contribution in [1.29, 1.82) is 0 Å². The average molecular weight is 430 g/mol. The highest BCUT2D eigenvalue weighted by atomic mass is 16.5. The monoisotopic (exact) mass is 429 g/mol. The Morgan fingerprint density at radius 1 is 1.23 bits per heavy atom. The number of benzene rings is 1. The molecular weight excluding hydrogens is 398 g/mol. The summed E-state index contributed by atoms with van der Waals surface area (Å²) in [5, 5.41) is 15.9. The van der Waals surface area contributed by atoms with E-state index in [2.05, 4.69) is 10.6 Å². The van der Waals surface area contributed by atoms with Gasteiger partial charge in [0.25, 0.3) is 0 Å². The second-order valence-corrected chi connectivity index (χ2v) is 9.36. The van der Waals surface area contributed by atoms with Crippen LogP contribution in [0.25, 0.3) is 0 Å². The first-order valence-electron chi connectivity index (χ1n) is 10.9. The van der Waals surface area contributed by atoms with Gasteiger partial charge in [0, 0.05) is 13.1 Å². The molecule has 1 spiro atoms. The minimum Gasteiger partial charge on any atom is -0.394 e. The highest BCUT2D eigenvalue weighted by Gasteiger charge is 2.78. The van der Waals surface area contributed by atoms with E-state index in [0.29, 0.717) is 12.8 Å². The van der Waals surface area contributed by atoms with E-state index in [9.17, 15) is 19.5 Å². The molecule has 6 atom stereocenters. The molecule has 0 radical (unpaired) electrons. The summed E-state index contributed by atoms with van der Waals surface area (Å²) in [7, 11) is 1.55. The van der Waals surface area contributed by atoms with Crippen LogP contribution in [-0.4, -0.2) is 64.7 Å². The first-order chi connectivity index (χ1) is 14.7. The molecule has 2 bridgehead atoms. The zero-order chi connectivity index (χ0) is 22.6. The zero-order valence-corrected chi connectivity index (χ0v) is 18.4. The minimum absolute atomic E-state index is 0.131. The average Bonchev–Trinajstić information content (AvgIpc) is 3.30. The molecule has 4 rings (SSSR count). The van der Waals surface area contributed by atoms with Crippen molar-refractivity contribution in [2.75, 3.05) is 13.7 Å². The van der Waals surface area contributed by atoms with Crippen molar-refractivity contribution in [3.8, 4) is 0 Å². The van der Waals surface area contributed by atoms with E-state index in [0.717, 1.165) is 5.56 Å². The molecule has 0 saturated carbocycles. The van der Waals surface area contributed by atoms with Crippen molar-refractivity contribution in [2.45, 2.75) is 62.9 Å². The van der Waals surface area contributed by atoms with Crippen LogP contribution in [0, 0.1) is 11.8 Å². The van der Waals surface area contributed by atoms with Gasteiger partial charge in [-0.05, 0) is 39.2 Å². The summed E-state index contributed by atoms with van der Waals surface area (Å²) in [4.78, 5) is 41.7. The quantitative estimate of drug-likeness (QED) is 0.619. The molecule has 3 saturated heterocycles. The number of aliphatic hydroxyl groups excluding tert-OH is 1. The molecule has 2 unspecified atom stereocenters. The Bertz CT molecular complexity index is 890. The maximum Gasteiger partial charge on any atom is 0.246 e. The Labute approximate surface area is 182 Å². The summed E-state index contributed by atoms with van der Waals surface area (Å²) >= 11 is 0. The smallest absolute Gasteiger partial charge is 0.246 e. The first kappa shape index (κ1) is 21.8. The second kappa shape index (κ2) is 7.60. The van der Waals surface area contributed by atoms with E-state index >= 15 is 0 Å². The summed E-state index contributed by atoms with van der Waals surface area (Å²) in [6.07, 6.45) is 1.09. The number of ether oxygens (including phenoxy) is 1. The van der Waals surface area contributed by atoms with Crippen molar-refractivity contribution in [3.05, 3.63) is 35.9 Å². The molecule has 0 aliphatic carbocycles. The number of carbonyl (C=O) groups excluding carboxylic acids is 3. The predicted octanol–water partition coefficient (Wildman–Crippen LogP) is 0.755. The van der Waals surface area contributed by atoms with Crippen molar-refractivity contribution in [3.63, 3.8) is 0 Å². The maximum absolute atomic E-state index is 13.9. The molecule has 1 aromatic carbocycles. The number of carbonyl (C=O) groups is 3. The lowest BCUT2D eigenvalue weighted by molar-refractivity contribution is -0.150. The van der Waals surface area contributed by atoms with Crippen LogP contribution in [0.4, 0.5) is 0 Å². The molecule has 8 heteroatoms. The van der Waals surface area contributed by atoms with E-state index in [4.69, 9.17) is 4.74 Å². The third-order valence-corrected chi connectivity index (χ3v) is 7.12. The molecule has 3 aliphatic rings. The van der Waals surface area contributed by atoms with Gasteiger partial charge in [-0.1, -0.05) is 30.3 Å². The van der Waals surface area contributed by atoms with Gasteiger partial charge in [-0.15, -0.1) is 0 Å². The predicted molar refractivity (Wildman–Crippen MR) is 113 cm³/mol. The number of fused-ring (bicyclic) bond motifs is 1. The minimum atomic E-state index is -1.09. The van der Waals surface area contributed by atoms with E-state index in [1.54, 1.807) is 7.05 Å². The number of nitrogens with zero attached hydrogens (tertiary/aromatic N) is 1. The van der Waals surface area contributed by atoms with Gasteiger partial charge in [-0.2, -0.15) is 0 Å². The van der Waals surface area contributed by atoms with Crippen LogP contribution < -0.4 is 10.6 Å². The van der Waals surface area contributed by atoms with Crippen molar-refractivity contribution < 1.29 is 24.2 Å². The molecule has 3 amide bonds. The Morgan fingerprint density at radius 2 is 1.90 bits per heavy atom. The maximum atomic E-state index is 13.9. The van der Waals surface area contributed by atoms with Crippen LogP contribution in [0.1, 0.15) is 45.2 Å². The Balaban J connectivity index is 1.85. The van der Waals surface area contributed by atoms with Crippen LogP contribution in [-0.2, 0) is 19.1 Å². The molecule has 0 aromatic heterocycles. The molecule has 3 heterocycles. The number of likely N-dealkylation sites (tertiary alicyclic amines) is 1. The fourth-order valence-corrected chi connectivity index (χ4v) is 5.95. The number of hydrogen-bond donors (Lipinski definition) is 3. The van der Waals surface area contributed by atoms with Gasteiger partial charge < -0.3 is 25.4 Å². The normalized spacial score (nSPS) is 34.7. The van der Waals surface area contributed by atoms with E-state index < -0.39 is 35.1 Å². The third-order valence-electron chi connectivity index (χ3n) is 7.12. The standard InChI is InChI=1S/C23H31N3O5/c1-13(2)25-20(29)18-23-11-10-22(3,31-23)16(19(28)24-4)17(23)21(30)26(18)15(12-27)14-8-6-5-7-9-14/h5-9,13,15-18,27H,10-12H2,1-4H3,(H,24,28)(H,25,29)/t15-,16+,17+,18?,22-,23?/m1/s1. The Morgan fingerprint density at radius 3 is 2.48 bits per heavy atom. The van der Waals surface area contributed by atoms with E-state index in [1.807, 2.05) is 51.1 Å². The lowest BCUT2D eigenvalue weighted by Gasteiger charge is -2.37. The number of aliphatic hydroxyl groups is 1. The van der Waals surface area contributed by atoms with Gasteiger partial charge in [0.2, 0.25) is 17.7 Å². The Hall–Kier alpha value is -2.45. The van der Waals surface area contributed by atoms with Gasteiger partial charge in [-0.25, -0.2) is 0 Å². The van der Waals surface area contributed by atoms with Gasteiger partial charge in [0.1, 0.15) is 11.6 Å². The fraction of sp³-hybridized carbons (Fsp3) is 0.609. The molecule has 1 aromatic rings. The SMILES string of the molecule is CNC(=O)[C@@H]1[C@H]2C(=O)N([C@H](CO)c3ccccc3)C(C(=O)NC(C)C)C23CC[C@@]1(C)O3. The summed E-state index contributed by atoms with van der Waals surface area (Å²) < 4.78 is 6.49. The summed E-state index contributed by atoms with van der Waals surface area (Å²) in [6, 6.07) is 7.40. The molecule has 3 fully saturated rings. The summed E-state index contributed by atoms with van der Waals surface area (Å²) in [5.41, 5.74) is -1.16. The van der Waals surface area contributed by atoms with Crippen molar-refractivity contribution >= 4 is 17.7 Å². The van der Waals surface area contributed by atoms with Gasteiger partial charge in [0.05, 0.1) is 30.1 Å². The lowest BCUT2D eigenvalue weighted by atomic mass is 9.66. The fourth-order valence-electron chi connectivity index (χ4n) is 5.95. The van der Waals surface area contributed by atoms with E-state index in [-0.39, 0.29) is 30.4 Å². The molecule has 168 valence electrons. The van der Waals surface area contributed by atoms with Crippen molar-refractivity contribution in [1.82, 2.24) is 15.5 Å². The van der Waals surface area contributed by atoms with Gasteiger partial charge >= 0.3 is 0 Å². The van der Waals surface area contributed by atoms with Gasteiger partial charge in [0.15, 0.2) is 0 Å². The largest absolute Gasteiger partial charge is 0.394 e. The summed E-state index contributed by atoms with van der Waals surface area (Å²) in [5.74, 6) is -2.35. The number of rotatable bonds is 6. The highest BCUT2D eigenvalue weighted by Crippen LogP contribution is 2.63. The Kier molecular flexibility index (Phi) is 5.34. The molecule has 3 N–H and O–H groups in total. The first-order valence-corrected chi connectivity index (χ1v) is 10.9. The van der Waals surface area contributed by atoms with Crippen LogP contribution in [0.3, 0.4) is 0 Å². The molecule has 3 aliphatic heterocycles. The van der Waals surface area contributed by atoms with Crippen LogP contribution >= 0.6 is 0 Å². The molecular formula is C23H31N3O5. The van der Waals surface area contributed by atoms with Crippen LogP contribution in [0.2, 0.25) is 0 Å². The van der Waals surface area contributed by atoms with Gasteiger partial charge in [-0.3, -0.25) is 14.4 Å². The number of nitrogens with one attached hydrogen (secondary N) is 2. The summed E-state index contributed by atoms with van der Waals surface area (Å²) in [6.45, 7) is 5.23. The third kappa shape index (κ3) is 3.07. The number of hydrogen-bond acceptors (Lipinski definition) is 5. The highest BCUT2D eigenvalue weighted by molar-refractivity contribution is 5.99. The molecule has 8 nitrogen and oxygen atoms in total. The van der Waals surface area contributed by atoms with Crippen LogP contribution in [0.15, 0.2) is 30.3 Å². The second-order valence-electron chi connectivity index (χ2n) is 9.36. The topological polar surface area (TPSA) is 108 Å². The van der Waals surface area contributed by atoms with E-state index in [1.165, 1.54) is 4.90 Å². The lowest BCUT2D eigenvalue weighted by Crippen LogP contribution is -2.57. The van der Waals surface area contributed by atoms with Crippen molar-refractivity contribution in [2.24, 2.45) is 11.8 Å². The number of amides is 3. The zero-order valence-electron chi connectivity index (χ0n) is 18.4. The molecule has 31 heavy (non-hydrogen) atoms. The van der Waals surface area contributed by atoms with Crippen LogP contribution in [0.5, 0.6) is 0 Å².